The zero-order chi connectivity index (χ0) is 15.7. The molecule has 0 bridgehead atoms. The number of hydrogen-bond acceptors (Lipinski definition) is 3. The van der Waals surface area contributed by atoms with Gasteiger partial charge in [0.2, 0.25) is 11.8 Å². The molecule has 0 unspecified atom stereocenters. The molecule has 22 heavy (non-hydrogen) atoms. The van der Waals surface area contributed by atoms with Crippen molar-refractivity contribution < 1.29 is 9.59 Å². The van der Waals surface area contributed by atoms with Crippen molar-refractivity contribution >= 4 is 34.5 Å². The minimum atomic E-state index is -0.503. The van der Waals surface area contributed by atoms with Crippen LogP contribution in [0.2, 0.25) is 0 Å². The van der Waals surface area contributed by atoms with Crippen molar-refractivity contribution in [3.8, 4) is 0 Å². The van der Waals surface area contributed by atoms with Crippen molar-refractivity contribution in [2.24, 2.45) is 7.05 Å². The van der Waals surface area contributed by atoms with Gasteiger partial charge in [-0.1, -0.05) is 18.2 Å². The van der Waals surface area contributed by atoms with Crippen molar-refractivity contribution in [1.29, 1.82) is 0 Å². The maximum Gasteiger partial charge on any atom is 0.244 e. The van der Waals surface area contributed by atoms with Crippen LogP contribution in [0.1, 0.15) is 5.56 Å². The van der Waals surface area contributed by atoms with Crippen molar-refractivity contribution in [1.82, 2.24) is 15.2 Å². The van der Waals surface area contributed by atoms with Gasteiger partial charge in [0.1, 0.15) is 12.1 Å². The minimum absolute atomic E-state index is 0.0980. The highest BCUT2D eigenvalue weighted by Crippen LogP contribution is 2.22. The van der Waals surface area contributed by atoms with Gasteiger partial charge in [-0.3, -0.25) is 9.59 Å². The van der Waals surface area contributed by atoms with Crippen molar-refractivity contribution in [2.45, 2.75) is 18.5 Å². The van der Waals surface area contributed by atoms with E-state index < -0.39 is 12.1 Å². The Bertz CT molecular complexity index is 725. The standard InChI is InChI=1S/C16H19N3O2S/c1-19-8-10(11-5-3-4-6-14(11)19)7-12-15(20)18-13(9-22-2)16(21)17-12/h3-6,8,12-13H,7,9H2,1-2H3,(H,17,21)(H,18,20)/t12-,13-/m1/s1. The number of carbonyl (C=O) groups excluding carboxylic acids is 2. The first-order chi connectivity index (χ1) is 10.6. The van der Waals surface area contributed by atoms with Crippen LogP contribution in [-0.4, -0.2) is 40.5 Å². The molecular formula is C16H19N3O2S. The Hall–Kier alpha value is -1.95. The quantitative estimate of drug-likeness (QED) is 0.886. The van der Waals surface area contributed by atoms with Crippen molar-refractivity contribution in [3.05, 3.63) is 36.0 Å². The monoisotopic (exact) mass is 317 g/mol. The van der Waals surface area contributed by atoms with E-state index in [-0.39, 0.29) is 11.8 Å². The number of aromatic nitrogens is 1. The predicted octanol–water partition coefficient (Wildman–Crippen LogP) is 1.07. The van der Waals surface area contributed by atoms with E-state index in [1.54, 1.807) is 11.8 Å². The number of nitrogens with zero attached hydrogens (tertiary/aromatic N) is 1. The average molecular weight is 317 g/mol. The molecular weight excluding hydrogens is 298 g/mol. The summed E-state index contributed by atoms with van der Waals surface area (Å²) in [4.78, 5) is 24.3. The first-order valence-electron chi connectivity index (χ1n) is 7.22. The maximum absolute atomic E-state index is 12.2. The van der Waals surface area contributed by atoms with Gasteiger partial charge in [-0.05, 0) is 17.9 Å². The van der Waals surface area contributed by atoms with E-state index in [2.05, 4.69) is 10.6 Å². The van der Waals surface area contributed by atoms with Gasteiger partial charge < -0.3 is 15.2 Å². The fraction of sp³-hybridized carbons (Fsp3) is 0.375. The Kier molecular flexibility index (Phi) is 4.11. The average Bonchev–Trinajstić information content (AvgIpc) is 2.82. The van der Waals surface area contributed by atoms with Gasteiger partial charge in [-0.2, -0.15) is 11.8 Å². The number of fused-ring (bicyclic) bond motifs is 1. The van der Waals surface area contributed by atoms with Crippen LogP contribution in [0.15, 0.2) is 30.5 Å². The molecule has 6 heteroatoms. The third-order valence-electron chi connectivity index (χ3n) is 4.00. The molecule has 0 saturated carbocycles. The Morgan fingerprint density at radius 3 is 2.59 bits per heavy atom. The summed E-state index contributed by atoms with van der Waals surface area (Å²) in [6.45, 7) is 0. The topological polar surface area (TPSA) is 63.1 Å². The third-order valence-corrected chi connectivity index (χ3v) is 4.67. The smallest absolute Gasteiger partial charge is 0.244 e. The van der Waals surface area contributed by atoms with Crippen LogP contribution >= 0.6 is 11.8 Å². The number of para-hydroxylation sites is 1. The summed E-state index contributed by atoms with van der Waals surface area (Å²) in [6, 6.07) is 7.15. The number of nitrogens with one attached hydrogen (secondary N) is 2. The van der Waals surface area contributed by atoms with E-state index in [1.807, 2.05) is 48.3 Å². The fourth-order valence-corrected chi connectivity index (χ4v) is 3.48. The lowest BCUT2D eigenvalue weighted by atomic mass is 10.0. The summed E-state index contributed by atoms with van der Waals surface area (Å²) in [7, 11) is 1.99. The summed E-state index contributed by atoms with van der Waals surface area (Å²) in [6.07, 6.45) is 4.45. The number of carbonyl (C=O) groups is 2. The van der Waals surface area contributed by atoms with Crippen molar-refractivity contribution in [2.75, 3.05) is 12.0 Å². The highest BCUT2D eigenvalue weighted by atomic mass is 32.2. The summed E-state index contributed by atoms with van der Waals surface area (Å²) in [5.74, 6) is 0.393. The minimum Gasteiger partial charge on any atom is -0.350 e. The molecule has 1 aromatic carbocycles. The normalized spacial score (nSPS) is 21.7. The molecule has 1 fully saturated rings. The van der Waals surface area contributed by atoms with Gasteiger partial charge >= 0.3 is 0 Å². The Morgan fingerprint density at radius 2 is 1.82 bits per heavy atom. The second-order valence-corrected chi connectivity index (χ2v) is 6.47. The summed E-state index contributed by atoms with van der Waals surface area (Å²) in [5, 5.41) is 6.79. The van der Waals surface area contributed by atoms with E-state index >= 15 is 0 Å². The van der Waals surface area contributed by atoms with Gasteiger partial charge in [-0.25, -0.2) is 0 Å². The van der Waals surface area contributed by atoms with Crippen molar-refractivity contribution in [3.63, 3.8) is 0 Å². The first kappa shape index (κ1) is 15.0. The van der Waals surface area contributed by atoms with Crippen LogP contribution in [0.4, 0.5) is 0 Å². The number of piperazine rings is 1. The molecule has 0 aliphatic carbocycles. The number of aryl methyl sites for hydroxylation is 1. The van der Waals surface area contributed by atoms with Crippen LogP contribution in [0.25, 0.3) is 10.9 Å². The molecule has 116 valence electrons. The van der Waals surface area contributed by atoms with Crippen LogP contribution < -0.4 is 10.6 Å². The molecule has 0 spiro atoms. The molecule has 3 rings (SSSR count). The van der Waals surface area contributed by atoms with Gasteiger partial charge in [-0.15, -0.1) is 0 Å². The highest BCUT2D eigenvalue weighted by Gasteiger charge is 2.33. The van der Waals surface area contributed by atoms with E-state index in [9.17, 15) is 9.59 Å². The second-order valence-electron chi connectivity index (χ2n) is 5.56. The number of benzene rings is 1. The first-order valence-corrected chi connectivity index (χ1v) is 8.62. The summed E-state index contributed by atoms with van der Waals surface area (Å²) >= 11 is 1.55. The van der Waals surface area contributed by atoms with Crippen LogP contribution in [0, 0.1) is 0 Å². The van der Waals surface area contributed by atoms with Gasteiger partial charge in [0.05, 0.1) is 0 Å². The van der Waals surface area contributed by atoms with Gasteiger partial charge in [0, 0.05) is 36.3 Å². The van der Waals surface area contributed by atoms with Crippen LogP contribution in [0.3, 0.4) is 0 Å². The maximum atomic E-state index is 12.2. The molecule has 2 N–H and O–H groups in total. The molecule has 2 atom stereocenters. The molecule has 2 amide bonds. The number of amides is 2. The molecule has 1 aromatic heterocycles. The van der Waals surface area contributed by atoms with E-state index in [1.165, 1.54) is 0 Å². The molecule has 5 nitrogen and oxygen atoms in total. The predicted molar refractivity (Wildman–Crippen MR) is 88.9 cm³/mol. The van der Waals surface area contributed by atoms with E-state index in [0.717, 1.165) is 16.5 Å². The Morgan fingerprint density at radius 1 is 1.14 bits per heavy atom. The lowest BCUT2D eigenvalue weighted by molar-refractivity contribution is -0.136. The Labute approximate surface area is 133 Å². The SMILES string of the molecule is CSC[C@H]1NC(=O)[C@@H](Cc2cn(C)c3ccccc23)NC1=O. The number of thioether (sulfide) groups is 1. The molecule has 0 radical (unpaired) electrons. The number of hydrogen-bond donors (Lipinski definition) is 2. The van der Waals surface area contributed by atoms with E-state index in [0.29, 0.717) is 12.2 Å². The third kappa shape index (κ3) is 2.70. The van der Waals surface area contributed by atoms with Gasteiger partial charge in [0.15, 0.2) is 0 Å². The second kappa shape index (κ2) is 6.04. The summed E-state index contributed by atoms with van der Waals surface area (Å²) < 4.78 is 2.05. The zero-order valence-corrected chi connectivity index (χ0v) is 13.4. The molecule has 1 aliphatic heterocycles. The largest absolute Gasteiger partial charge is 0.350 e. The zero-order valence-electron chi connectivity index (χ0n) is 12.6. The fourth-order valence-electron chi connectivity index (χ4n) is 2.91. The molecule has 2 aromatic rings. The van der Waals surface area contributed by atoms with Crippen LogP contribution in [-0.2, 0) is 23.1 Å². The van der Waals surface area contributed by atoms with Crippen LogP contribution in [0.5, 0.6) is 0 Å². The highest BCUT2D eigenvalue weighted by molar-refractivity contribution is 7.98. The van der Waals surface area contributed by atoms with E-state index in [4.69, 9.17) is 0 Å². The Balaban J connectivity index is 1.81. The number of rotatable bonds is 4. The molecule has 1 saturated heterocycles. The lowest BCUT2D eigenvalue weighted by Crippen LogP contribution is -2.63. The lowest BCUT2D eigenvalue weighted by Gasteiger charge is -2.29. The van der Waals surface area contributed by atoms with Gasteiger partial charge in [0.25, 0.3) is 0 Å². The molecule has 1 aliphatic rings. The summed E-state index contributed by atoms with van der Waals surface area (Å²) in [5.41, 5.74) is 2.20. The molecule has 2 heterocycles.